The Bertz CT molecular complexity index is 415. The van der Waals surface area contributed by atoms with Crippen LogP contribution < -0.4 is 10.6 Å². The summed E-state index contributed by atoms with van der Waals surface area (Å²) >= 11 is 1.23. The lowest BCUT2D eigenvalue weighted by molar-refractivity contribution is -0.115. The monoisotopic (exact) mass is 254 g/mol. The van der Waals surface area contributed by atoms with E-state index in [9.17, 15) is 9.59 Å². The number of rotatable bonds is 6. The highest BCUT2D eigenvalue weighted by Gasteiger charge is 2.14. The van der Waals surface area contributed by atoms with Crippen molar-refractivity contribution >= 4 is 28.9 Å². The van der Waals surface area contributed by atoms with E-state index >= 15 is 0 Å². The zero-order valence-corrected chi connectivity index (χ0v) is 10.3. The maximum absolute atomic E-state index is 11.5. The van der Waals surface area contributed by atoms with Gasteiger partial charge in [0, 0.05) is 6.54 Å². The lowest BCUT2D eigenvalue weighted by atomic mass is 10.3. The standard InChI is InChI=1S/C11H14N2O3S/c1-3-5-12-7-9(14)13-8-4-6-17-10(8)11(15)16-2/h3-4,6,12H,1,5,7H2,2H3,(H,13,14). The highest BCUT2D eigenvalue weighted by molar-refractivity contribution is 7.12. The molecule has 0 radical (unpaired) electrons. The molecule has 0 atom stereocenters. The number of amides is 1. The highest BCUT2D eigenvalue weighted by atomic mass is 32.1. The molecule has 2 N–H and O–H groups in total. The number of nitrogens with one attached hydrogen (secondary N) is 2. The molecule has 1 aromatic rings. The summed E-state index contributed by atoms with van der Waals surface area (Å²) in [6.07, 6.45) is 1.66. The largest absolute Gasteiger partial charge is 0.465 e. The van der Waals surface area contributed by atoms with Crippen molar-refractivity contribution in [3.63, 3.8) is 0 Å². The third-order valence-electron chi connectivity index (χ3n) is 1.88. The Labute approximate surface area is 103 Å². The molecule has 0 aromatic carbocycles. The Hall–Kier alpha value is -1.66. The molecule has 1 aromatic heterocycles. The van der Waals surface area contributed by atoms with Crippen LogP contribution in [-0.4, -0.2) is 32.1 Å². The average molecular weight is 254 g/mol. The number of methoxy groups -OCH3 is 1. The van der Waals surface area contributed by atoms with Gasteiger partial charge < -0.3 is 15.4 Å². The van der Waals surface area contributed by atoms with Crippen LogP contribution >= 0.6 is 11.3 Å². The minimum absolute atomic E-state index is 0.169. The molecular weight excluding hydrogens is 240 g/mol. The van der Waals surface area contributed by atoms with Gasteiger partial charge in [-0.1, -0.05) is 6.08 Å². The predicted molar refractivity (Wildman–Crippen MR) is 67.4 cm³/mol. The van der Waals surface area contributed by atoms with Gasteiger partial charge in [-0.25, -0.2) is 4.79 Å². The second-order valence-electron chi connectivity index (χ2n) is 3.12. The SMILES string of the molecule is C=CCNCC(=O)Nc1ccsc1C(=O)OC. The van der Waals surface area contributed by atoms with Gasteiger partial charge in [0.2, 0.25) is 5.91 Å². The van der Waals surface area contributed by atoms with Gasteiger partial charge in [-0.05, 0) is 11.4 Å². The molecule has 0 fully saturated rings. The fraction of sp³-hybridized carbons (Fsp3) is 0.273. The lowest BCUT2D eigenvalue weighted by Crippen LogP contribution is -2.28. The van der Waals surface area contributed by atoms with Crippen LogP contribution in [0.5, 0.6) is 0 Å². The van der Waals surface area contributed by atoms with E-state index in [2.05, 4.69) is 21.9 Å². The molecule has 0 aliphatic carbocycles. The summed E-state index contributed by atoms with van der Waals surface area (Å²) in [4.78, 5) is 23.2. The Kier molecular flexibility index (Phi) is 5.38. The van der Waals surface area contributed by atoms with Crippen LogP contribution in [0.15, 0.2) is 24.1 Å². The number of esters is 1. The van der Waals surface area contributed by atoms with Crippen molar-refractivity contribution < 1.29 is 14.3 Å². The Morgan fingerprint density at radius 1 is 1.59 bits per heavy atom. The van der Waals surface area contributed by atoms with Crippen LogP contribution in [0, 0.1) is 0 Å². The molecule has 0 saturated heterocycles. The number of ether oxygens (including phenoxy) is 1. The summed E-state index contributed by atoms with van der Waals surface area (Å²) in [7, 11) is 1.30. The summed E-state index contributed by atoms with van der Waals surface area (Å²) in [5, 5.41) is 7.23. The maximum Gasteiger partial charge on any atom is 0.350 e. The van der Waals surface area contributed by atoms with Crippen LogP contribution in [0.3, 0.4) is 0 Å². The van der Waals surface area contributed by atoms with E-state index in [0.29, 0.717) is 17.1 Å². The molecule has 1 rings (SSSR count). The second kappa shape index (κ2) is 6.82. The molecule has 0 aliphatic rings. The van der Waals surface area contributed by atoms with E-state index in [1.165, 1.54) is 18.4 Å². The van der Waals surface area contributed by atoms with E-state index in [1.807, 2.05) is 0 Å². The molecule has 0 unspecified atom stereocenters. The summed E-state index contributed by atoms with van der Waals surface area (Å²) in [5.74, 6) is -0.662. The summed E-state index contributed by atoms with van der Waals surface area (Å²) < 4.78 is 4.61. The first kappa shape index (κ1) is 13.4. The molecule has 1 amide bonds. The van der Waals surface area contributed by atoms with Gasteiger partial charge in [-0.3, -0.25) is 4.79 Å². The van der Waals surface area contributed by atoms with Crippen molar-refractivity contribution in [2.24, 2.45) is 0 Å². The summed E-state index contributed by atoms with van der Waals surface area (Å²) in [5.41, 5.74) is 0.479. The maximum atomic E-state index is 11.5. The van der Waals surface area contributed by atoms with Gasteiger partial charge >= 0.3 is 5.97 Å². The van der Waals surface area contributed by atoms with Gasteiger partial charge in [0.1, 0.15) is 4.88 Å². The van der Waals surface area contributed by atoms with Crippen molar-refractivity contribution in [2.75, 3.05) is 25.5 Å². The summed E-state index contributed by atoms with van der Waals surface area (Å²) in [6, 6.07) is 1.67. The first-order valence-corrected chi connectivity index (χ1v) is 5.84. The second-order valence-corrected chi connectivity index (χ2v) is 4.04. The van der Waals surface area contributed by atoms with Crippen molar-refractivity contribution in [2.45, 2.75) is 0 Å². The zero-order valence-electron chi connectivity index (χ0n) is 9.49. The highest BCUT2D eigenvalue weighted by Crippen LogP contribution is 2.22. The molecule has 17 heavy (non-hydrogen) atoms. The van der Waals surface area contributed by atoms with E-state index < -0.39 is 5.97 Å². The quantitative estimate of drug-likeness (QED) is 0.455. The van der Waals surface area contributed by atoms with Gasteiger partial charge in [0.25, 0.3) is 0 Å². The molecule has 0 spiro atoms. The van der Waals surface area contributed by atoms with Crippen molar-refractivity contribution in [1.29, 1.82) is 0 Å². The molecule has 0 saturated carbocycles. The lowest BCUT2D eigenvalue weighted by Gasteiger charge is -2.05. The molecule has 0 bridgehead atoms. The van der Waals surface area contributed by atoms with Crippen molar-refractivity contribution in [1.82, 2.24) is 5.32 Å². The fourth-order valence-electron chi connectivity index (χ4n) is 1.14. The Morgan fingerprint density at radius 3 is 3.00 bits per heavy atom. The number of thiophene rings is 1. The van der Waals surface area contributed by atoms with Crippen LogP contribution in [0.2, 0.25) is 0 Å². The molecule has 92 valence electrons. The first-order valence-electron chi connectivity index (χ1n) is 4.96. The van der Waals surface area contributed by atoms with E-state index in [-0.39, 0.29) is 12.5 Å². The number of anilines is 1. The number of carbonyl (C=O) groups is 2. The molecule has 0 aliphatic heterocycles. The molecule has 5 nitrogen and oxygen atoms in total. The fourth-order valence-corrected chi connectivity index (χ4v) is 1.91. The van der Waals surface area contributed by atoms with Gasteiger partial charge in [0.15, 0.2) is 0 Å². The van der Waals surface area contributed by atoms with E-state index in [4.69, 9.17) is 0 Å². The minimum Gasteiger partial charge on any atom is -0.465 e. The smallest absolute Gasteiger partial charge is 0.350 e. The Balaban J connectivity index is 2.56. The third kappa shape index (κ3) is 4.01. The molecule has 1 heterocycles. The van der Waals surface area contributed by atoms with Crippen LogP contribution in [0.25, 0.3) is 0 Å². The number of hydrogen-bond acceptors (Lipinski definition) is 5. The van der Waals surface area contributed by atoms with E-state index in [0.717, 1.165) is 0 Å². The molecule has 6 heteroatoms. The molecular formula is C11H14N2O3S. The zero-order chi connectivity index (χ0) is 12.7. The van der Waals surface area contributed by atoms with Crippen LogP contribution in [-0.2, 0) is 9.53 Å². The average Bonchev–Trinajstić information content (AvgIpc) is 2.76. The van der Waals surface area contributed by atoms with Gasteiger partial charge in [0.05, 0.1) is 19.3 Å². The van der Waals surface area contributed by atoms with Crippen LogP contribution in [0.1, 0.15) is 9.67 Å². The van der Waals surface area contributed by atoms with Crippen LogP contribution in [0.4, 0.5) is 5.69 Å². The van der Waals surface area contributed by atoms with Gasteiger partial charge in [-0.15, -0.1) is 17.9 Å². The van der Waals surface area contributed by atoms with Crippen molar-refractivity contribution in [3.05, 3.63) is 29.0 Å². The minimum atomic E-state index is -0.450. The van der Waals surface area contributed by atoms with Gasteiger partial charge in [-0.2, -0.15) is 0 Å². The van der Waals surface area contributed by atoms with Crippen molar-refractivity contribution in [3.8, 4) is 0 Å². The third-order valence-corrected chi connectivity index (χ3v) is 2.78. The Morgan fingerprint density at radius 2 is 2.35 bits per heavy atom. The number of hydrogen-bond donors (Lipinski definition) is 2. The summed E-state index contributed by atoms with van der Waals surface area (Å²) in [6.45, 7) is 4.25. The number of carbonyl (C=O) groups excluding carboxylic acids is 2. The normalized spacial score (nSPS) is 9.71. The predicted octanol–water partition coefficient (Wildman–Crippen LogP) is 1.25. The first-order chi connectivity index (χ1) is 8.19. The van der Waals surface area contributed by atoms with E-state index in [1.54, 1.807) is 17.5 Å². The topological polar surface area (TPSA) is 67.4 Å².